The number of carbonyl (C=O) groups excluding carboxylic acids is 1. The van der Waals surface area contributed by atoms with Crippen LogP contribution in [0.25, 0.3) is 0 Å². The van der Waals surface area contributed by atoms with Crippen molar-refractivity contribution in [2.24, 2.45) is 0 Å². The van der Waals surface area contributed by atoms with Crippen LogP contribution in [0.2, 0.25) is 5.02 Å². The zero-order valence-corrected chi connectivity index (χ0v) is 11.6. The lowest BCUT2D eigenvalue weighted by Crippen LogP contribution is -2.26. The first-order chi connectivity index (χ1) is 8.06. The molecule has 0 heterocycles. The first kappa shape index (κ1) is 14.2. The Morgan fingerprint density at radius 3 is 2.94 bits per heavy atom. The SMILES string of the molecule is CSC(C)CCNC(=O)c1cccc(Cl)c1N. The quantitative estimate of drug-likeness (QED) is 0.811. The van der Waals surface area contributed by atoms with Crippen molar-refractivity contribution in [2.45, 2.75) is 18.6 Å². The molecule has 5 heteroatoms. The molecule has 0 aliphatic carbocycles. The number of para-hydroxylation sites is 1. The minimum atomic E-state index is -0.168. The van der Waals surface area contributed by atoms with Crippen LogP contribution in [0, 0.1) is 0 Å². The Kier molecular flexibility index (Phi) is 5.65. The number of halogens is 1. The van der Waals surface area contributed by atoms with Crippen molar-refractivity contribution in [1.29, 1.82) is 0 Å². The Morgan fingerprint density at radius 2 is 2.29 bits per heavy atom. The third kappa shape index (κ3) is 4.13. The summed E-state index contributed by atoms with van der Waals surface area (Å²) in [5, 5.41) is 3.79. The fourth-order valence-electron chi connectivity index (χ4n) is 1.34. The van der Waals surface area contributed by atoms with Crippen LogP contribution < -0.4 is 11.1 Å². The van der Waals surface area contributed by atoms with Crippen LogP contribution in [0.1, 0.15) is 23.7 Å². The summed E-state index contributed by atoms with van der Waals surface area (Å²) in [4.78, 5) is 11.8. The fourth-order valence-corrected chi connectivity index (χ4v) is 1.87. The van der Waals surface area contributed by atoms with Crippen LogP contribution >= 0.6 is 23.4 Å². The summed E-state index contributed by atoms with van der Waals surface area (Å²) in [6.07, 6.45) is 2.99. The van der Waals surface area contributed by atoms with Gasteiger partial charge in [0.15, 0.2) is 0 Å². The third-order valence-corrected chi connectivity index (χ3v) is 3.91. The lowest BCUT2D eigenvalue weighted by atomic mass is 10.1. The summed E-state index contributed by atoms with van der Waals surface area (Å²) in [5.74, 6) is -0.168. The van der Waals surface area contributed by atoms with Gasteiger partial charge in [-0.2, -0.15) is 11.8 Å². The van der Waals surface area contributed by atoms with E-state index in [1.165, 1.54) is 0 Å². The van der Waals surface area contributed by atoms with Crippen LogP contribution in [0.5, 0.6) is 0 Å². The smallest absolute Gasteiger partial charge is 0.253 e. The van der Waals surface area contributed by atoms with Gasteiger partial charge in [0.25, 0.3) is 5.91 Å². The van der Waals surface area contributed by atoms with Crippen molar-refractivity contribution in [3.8, 4) is 0 Å². The lowest BCUT2D eigenvalue weighted by Gasteiger charge is -2.10. The molecule has 0 spiro atoms. The number of carbonyl (C=O) groups is 1. The van der Waals surface area contributed by atoms with E-state index in [0.717, 1.165) is 6.42 Å². The molecule has 3 nitrogen and oxygen atoms in total. The molecule has 0 fully saturated rings. The van der Waals surface area contributed by atoms with E-state index < -0.39 is 0 Å². The topological polar surface area (TPSA) is 55.1 Å². The number of nitrogens with one attached hydrogen (secondary N) is 1. The molecule has 0 aromatic heterocycles. The molecule has 1 atom stereocenters. The number of hydrogen-bond acceptors (Lipinski definition) is 3. The highest BCUT2D eigenvalue weighted by atomic mass is 35.5. The van der Waals surface area contributed by atoms with Crippen LogP contribution in [0.15, 0.2) is 18.2 Å². The molecule has 17 heavy (non-hydrogen) atoms. The lowest BCUT2D eigenvalue weighted by molar-refractivity contribution is 0.0954. The fraction of sp³-hybridized carbons (Fsp3) is 0.417. The van der Waals surface area contributed by atoms with Gasteiger partial charge in [0, 0.05) is 11.8 Å². The maximum atomic E-state index is 11.8. The van der Waals surface area contributed by atoms with E-state index in [2.05, 4.69) is 18.5 Å². The van der Waals surface area contributed by atoms with Crippen LogP contribution in [-0.4, -0.2) is 24.0 Å². The molecule has 1 amide bonds. The Labute approximate surface area is 111 Å². The van der Waals surface area contributed by atoms with Crippen molar-refractivity contribution in [3.05, 3.63) is 28.8 Å². The summed E-state index contributed by atoms with van der Waals surface area (Å²) in [5.41, 5.74) is 6.52. The van der Waals surface area contributed by atoms with Gasteiger partial charge in [-0.3, -0.25) is 4.79 Å². The van der Waals surface area contributed by atoms with Crippen molar-refractivity contribution >= 4 is 35.0 Å². The van der Waals surface area contributed by atoms with Gasteiger partial charge in [-0.15, -0.1) is 0 Å². The summed E-state index contributed by atoms with van der Waals surface area (Å²) in [6.45, 7) is 2.78. The predicted molar refractivity (Wildman–Crippen MR) is 75.8 cm³/mol. The van der Waals surface area contributed by atoms with Crippen LogP contribution in [0.4, 0.5) is 5.69 Å². The molecule has 94 valence electrons. The average Bonchev–Trinajstić information content (AvgIpc) is 2.32. The van der Waals surface area contributed by atoms with Crippen LogP contribution in [0.3, 0.4) is 0 Å². The van der Waals surface area contributed by atoms with Crippen molar-refractivity contribution in [1.82, 2.24) is 5.32 Å². The standard InChI is InChI=1S/C12H17ClN2OS/c1-8(17-2)6-7-15-12(16)9-4-3-5-10(13)11(9)14/h3-5,8H,6-7,14H2,1-2H3,(H,15,16). The molecule has 3 N–H and O–H groups in total. The molecular formula is C12H17ClN2OS. The number of anilines is 1. The second-order valence-electron chi connectivity index (χ2n) is 3.79. The molecule has 0 aliphatic rings. The van der Waals surface area contributed by atoms with E-state index in [1.54, 1.807) is 30.0 Å². The molecule has 1 rings (SSSR count). The minimum absolute atomic E-state index is 0.168. The Morgan fingerprint density at radius 1 is 1.59 bits per heavy atom. The van der Waals surface area contributed by atoms with Gasteiger partial charge in [0.2, 0.25) is 0 Å². The summed E-state index contributed by atoms with van der Waals surface area (Å²) in [7, 11) is 0. The minimum Gasteiger partial charge on any atom is -0.397 e. The van der Waals surface area contributed by atoms with Crippen molar-refractivity contribution < 1.29 is 4.79 Å². The predicted octanol–water partition coefficient (Wildman–Crippen LogP) is 2.79. The van der Waals surface area contributed by atoms with Gasteiger partial charge in [-0.05, 0) is 24.8 Å². The van der Waals surface area contributed by atoms with Gasteiger partial charge in [0.1, 0.15) is 0 Å². The summed E-state index contributed by atoms with van der Waals surface area (Å²) >= 11 is 7.64. The van der Waals surface area contributed by atoms with E-state index in [0.29, 0.717) is 28.1 Å². The third-order valence-electron chi connectivity index (χ3n) is 2.54. The molecule has 1 unspecified atom stereocenters. The first-order valence-electron chi connectivity index (χ1n) is 5.41. The normalized spacial score (nSPS) is 12.2. The molecular weight excluding hydrogens is 256 g/mol. The number of nitrogens with two attached hydrogens (primary N) is 1. The van der Waals surface area contributed by atoms with Crippen LogP contribution in [-0.2, 0) is 0 Å². The largest absolute Gasteiger partial charge is 0.397 e. The summed E-state index contributed by atoms with van der Waals surface area (Å²) < 4.78 is 0. The van der Waals surface area contributed by atoms with Gasteiger partial charge >= 0.3 is 0 Å². The van der Waals surface area contributed by atoms with E-state index >= 15 is 0 Å². The Bertz CT molecular complexity index is 398. The Hall–Kier alpha value is -0.870. The molecule has 1 aromatic rings. The average molecular weight is 273 g/mol. The number of nitrogen functional groups attached to an aromatic ring is 1. The monoisotopic (exact) mass is 272 g/mol. The zero-order chi connectivity index (χ0) is 12.8. The first-order valence-corrected chi connectivity index (χ1v) is 7.07. The molecule has 0 saturated heterocycles. The number of amides is 1. The highest BCUT2D eigenvalue weighted by Crippen LogP contribution is 2.22. The van der Waals surface area contributed by atoms with E-state index in [1.807, 2.05) is 0 Å². The Balaban J connectivity index is 2.56. The molecule has 0 aliphatic heterocycles. The second kappa shape index (κ2) is 6.77. The van der Waals surface area contributed by atoms with E-state index in [-0.39, 0.29) is 5.91 Å². The summed E-state index contributed by atoms with van der Waals surface area (Å²) in [6, 6.07) is 5.07. The molecule has 1 aromatic carbocycles. The van der Waals surface area contributed by atoms with Gasteiger partial charge in [-0.25, -0.2) is 0 Å². The van der Waals surface area contributed by atoms with Gasteiger partial charge < -0.3 is 11.1 Å². The maximum absolute atomic E-state index is 11.8. The van der Waals surface area contributed by atoms with Crippen molar-refractivity contribution in [3.63, 3.8) is 0 Å². The van der Waals surface area contributed by atoms with E-state index in [4.69, 9.17) is 17.3 Å². The second-order valence-corrected chi connectivity index (χ2v) is 5.48. The van der Waals surface area contributed by atoms with Crippen molar-refractivity contribution in [2.75, 3.05) is 18.5 Å². The van der Waals surface area contributed by atoms with Gasteiger partial charge in [-0.1, -0.05) is 24.6 Å². The number of benzene rings is 1. The van der Waals surface area contributed by atoms with Gasteiger partial charge in [0.05, 0.1) is 16.3 Å². The highest BCUT2D eigenvalue weighted by Gasteiger charge is 2.11. The number of hydrogen-bond donors (Lipinski definition) is 2. The molecule has 0 saturated carbocycles. The molecule has 0 bridgehead atoms. The maximum Gasteiger partial charge on any atom is 0.253 e. The number of rotatable bonds is 5. The number of thioether (sulfide) groups is 1. The zero-order valence-electron chi connectivity index (χ0n) is 10.00. The molecule has 0 radical (unpaired) electrons. The highest BCUT2D eigenvalue weighted by molar-refractivity contribution is 7.99. The van der Waals surface area contributed by atoms with E-state index in [9.17, 15) is 4.79 Å².